The Morgan fingerprint density at radius 2 is 1.92 bits per heavy atom. The van der Waals surface area contributed by atoms with Crippen LogP contribution < -0.4 is 56.1 Å². The van der Waals surface area contributed by atoms with Crippen molar-refractivity contribution in [1.29, 1.82) is 0 Å². The van der Waals surface area contributed by atoms with Gasteiger partial charge in [-0.05, 0) is 37.0 Å². The number of para-hydroxylation sites is 1. The molecular formula is C28H28KN2O5-. The van der Waals surface area contributed by atoms with Gasteiger partial charge in [0.1, 0.15) is 11.4 Å². The quantitative estimate of drug-likeness (QED) is 0.203. The molecule has 0 spiro atoms. The zero-order valence-electron chi connectivity index (χ0n) is 21.0. The number of aromatic amines is 1. The number of carbonyl (C=O) groups is 1. The van der Waals surface area contributed by atoms with Crippen LogP contribution in [0.15, 0.2) is 60.9 Å². The number of aliphatic hydroxyl groups is 1. The predicted molar refractivity (Wildman–Crippen MR) is 135 cm³/mol. The molecule has 7 nitrogen and oxygen atoms in total. The van der Waals surface area contributed by atoms with Gasteiger partial charge in [0, 0.05) is 36.0 Å². The third-order valence-electron chi connectivity index (χ3n) is 5.62. The molecule has 4 aromatic rings. The van der Waals surface area contributed by atoms with Gasteiger partial charge in [0.15, 0.2) is 0 Å². The van der Waals surface area contributed by atoms with Crippen molar-refractivity contribution in [1.82, 2.24) is 9.97 Å². The average Bonchev–Trinajstić information content (AvgIpc) is 3.34. The smallest absolute Gasteiger partial charge is 0.655 e. The summed E-state index contributed by atoms with van der Waals surface area (Å²) in [6.45, 7) is 3.09. The standard InChI is InChI=1S/C26H25N2O3.C2H3O2.K/c1-3-20(29)11-12-24(30)18-8-6-7-17(13-18)19-14-22-23(16-28-26(22)27-15-19)21-9-4-5-10-25(21)31-2;1-4-2-3;/h4-7,9-10,13-16,20,29H,3,11-12H2,1-2H3,(H,27,28);1H3;/q2*-1;+1. The predicted octanol–water partition coefficient (Wildman–Crippen LogP) is 2.14. The number of H-pyrrole nitrogens is 1. The Balaban J connectivity index is 0.000000850. The van der Waals surface area contributed by atoms with Gasteiger partial charge in [-0.25, -0.2) is 4.98 Å². The maximum atomic E-state index is 12.6. The van der Waals surface area contributed by atoms with E-state index < -0.39 is 6.10 Å². The van der Waals surface area contributed by atoms with Gasteiger partial charge >= 0.3 is 51.4 Å². The number of hydrogen-bond acceptors (Lipinski definition) is 6. The van der Waals surface area contributed by atoms with Crippen molar-refractivity contribution >= 4 is 23.3 Å². The van der Waals surface area contributed by atoms with Crippen molar-refractivity contribution in [3.63, 3.8) is 0 Å². The molecule has 0 saturated heterocycles. The fraction of sp³-hybridized carbons (Fsp3) is 0.250. The van der Waals surface area contributed by atoms with Gasteiger partial charge in [0.2, 0.25) is 0 Å². The summed E-state index contributed by atoms with van der Waals surface area (Å²) in [5, 5.41) is 10.7. The van der Waals surface area contributed by atoms with E-state index in [9.17, 15) is 9.90 Å². The maximum absolute atomic E-state index is 12.6. The molecule has 0 saturated carbocycles. The van der Waals surface area contributed by atoms with Gasteiger partial charge < -0.3 is 29.2 Å². The number of fused-ring (bicyclic) bond motifs is 1. The molecule has 8 heteroatoms. The van der Waals surface area contributed by atoms with Gasteiger partial charge in [0.05, 0.1) is 19.0 Å². The molecule has 2 heterocycles. The minimum Gasteiger partial charge on any atom is -0.655 e. The van der Waals surface area contributed by atoms with Crippen LogP contribution >= 0.6 is 0 Å². The summed E-state index contributed by atoms with van der Waals surface area (Å²) in [5.41, 5.74) is 5.13. The van der Waals surface area contributed by atoms with Crippen molar-refractivity contribution in [2.75, 3.05) is 14.2 Å². The number of aliphatic hydroxyl groups excluding tert-OH is 1. The van der Waals surface area contributed by atoms with Gasteiger partial charge in [-0.15, -0.1) is 29.8 Å². The molecule has 0 aliphatic rings. The summed E-state index contributed by atoms with van der Waals surface area (Å²) in [6.07, 6.45) is 4.71. The molecule has 2 aromatic heterocycles. The number of aromatic nitrogens is 2. The molecule has 182 valence electrons. The van der Waals surface area contributed by atoms with E-state index in [0.717, 1.165) is 39.0 Å². The number of Topliss-reactive ketones (excluding diaryl/α,β-unsaturated/α-hetero) is 1. The van der Waals surface area contributed by atoms with Crippen LogP contribution in [0, 0.1) is 6.07 Å². The van der Waals surface area contributed by atoms with Crippen molar-refractivity contribution in [3.05, 3.63) is 72.6 Å². The van der Waals surface area contributed by atoms with Crippen molar-refractivity contribution in [2.24, 2.45) is 0 Å². The molecule has 1 atom stereocenters. The summed E-state index contributed by atoms with van der Waals surface area (Å²) < 4.78 is 9.27. The Bertz CT molecular complexity index is 1290. The van der Waals surface area contributed by atoms with E-state index in [0.29, 0.717) is 24.8 Å². The van der Waals surface area contributed by atoms with Gasteiger partial charge in [-0.1, -0.05) is 37.2 Å². The normalized spacial score (nSPS) is 11.0. The molecular weight excluding hydrogens is 483 g/mol. The zero-order valence-corrected chi connectivity index (χ0v) is 24.1. The number of hydrogen-bond donors (Lipinski definition) is 2. The Morgan fingerprint density at radius 1 is 1.17 bits per heavy atom. The van der Waals surface area contributed by atoms with E-state index in [4.69, 9.17) is 9.53 Å². The number of carbonyl (C=O) groups excluding carboxylic acids is 2. The van der Waals surface area contributed by atoms with Gasteiger partial charge in [-0.3, -0.25) is 0 Å². The van der Waals surface area contributed by atoms with Crippen LogP contribution in [0.2, 0.25) is 0 Å². The van der Waals surface area contributed by atoms with E-state index in [1.165, 1.54) is 13.6 Å². The Morgan fingerprint density at radius 3 is 2.61 bits per heavy atom. The first-order valence-electron chi connectivity index (χ1n) is 11.3. The molecule has 2 aromatic carbocycles. The Hall–Kier alpha value is -2.33. The monoisotopic (exact) mass is 511 g/mol. The molecule has 0 bridgehead atoms. The maximum Gasteiger partial charge on any atom is 1.00 e. The van der Waals surface area contributed by atoms with Crippen LogP contribution in [-0.2, 0) is 9.53 Å². The van der Waals surface area contributed by atoms with Crippen LogP contribution in [-0.4, -0.2) is 47.7 Å². The van der Waals surface area contributed by atoms with E-state index in [1.807, 2.05) is 49.5 Å². The van der Waals surface area contributed by atoms with E-state index in [2.05, 4.69) is 26.8 Å². The number of nitrogens with zero attached hydrogens (tertiary/aromatic N) is 1. The molecule has 1 unspecified atom stereocenters. The number of benzene rings is 2. The minimum absolute atomic E-state index is 0. The largest absolute Gasteiger partial charge is 1.00 e. The van der Waals surface area contributed by atoms with E-state index in [-0.39, 0.29) is 57.2 Å². The van der Waals surface area contributed by atoms with Crippen LogP contribution in [0.3, 0.4) is 0 Å². The molecule has 2 N–H and O–H groups in total. The third kappa shape index (κ3) is 7.58. The third-order valence-corrected chi connectivity index (χ3v) is 5.62. The van der Waals surface area contributed by atoms with Crippen molar-refractivity contribution in [3.8, 4) is 28.0 Å². The summed E-state index contributed by atoms with van der Waals surface area (Å²) >= 11 is 0. The van der Waals surface area contributed by atoms with Crippen molar-refractivity contribution in [2.45, 2.75) is 32.3 Å². The number of rotatable bonds is 9. The number of pyridine rings is 1. The van der Waals surface area contributed by atoms with Crippen LogP contribution in [0.25, 0.3) is 33.3 Å². The average molecular weight is 512 g/mol. The molecule has 0 radical (unpaired) electrons. The SMILES string of the molecule is CCC(O)CCC(=O)c1[c-]ccc(-c2cnc3[nH]cc(-c4ccccc4OC)c3c2)c1.CO[C-]=O.[K+]. The Labute approximate surface area is 253 Å². The fourth-order valence-electron chi connectivity index (χ4n) is 3.69. The van der Waals surface area contributed by atoms with Gasteiger partial charge in [0.25, 0.3) is 0 Å². The van der Waals surface area contributed by atoms with Crippen LogP contribution in [0.1, 0.15) is 36.5 Å². The number of ketones is 1. The first-order chi connectivity index (χ1) is 17.0. The van der Waals surface area contributed by atoms with E-state index in [1.54, 1.807) is 19.4 Å². The van der Waals surface area contributed by atoms with Crippen LogP contribution in [0.5, 0.6) is 5.75 Å². The molecule has 4 rings (SSSR count). The second kappa shape index (κ2) is 15.0. The molecule has 0 aliphatic heterocycles. The molecule has 0 amide bonds. The topological polar surface area (TPSA) is 102 Å². The summed E-state index contributed by atoms with van der Waals surface area (Å²) in [7, 11) is 2.92. The first-order valence-corrected chi connectivity index (χ1v) is 11.3. The zero-order chi connectivity index (χ0) is 25.2. The minimum atomic E-state index is -0.444. The second-order valence-electron chi connectivity index (χ2n) is 7.83. The molecule has 0 fully saturated rings. The number of ether oxygens (including phenoxy) is 2. The van der Waals surface area contributed by atoms with Crippen LogP contribution in [0.4, 0.5) is 0 Å². The fourth-order valence-corrected chi connectivity index (χ4v) is 3.69. The van der Waals surface area contributed by atoms with Crippen molar-refractivity contribution < 1.29 is 75.6 Å². The molecule has 36 heavy (non-hydrogen) atoms. The first kappa shape index (κ1) is 29.9. The van der Waals surface area contributed by atoms with Gasteiger partial charge in [-0.2, -0.15) is 0 Å². The summed E-state index contributed by atoms with van der Waals surface area (Å²) in [4.78, 5) is 29.2. The Kier molecular flexibility index (Phi) is 12.5. The summed E-state index contributed by atoms with van der Waals surface area (Å²) in [6, 6.07) is 18.5. The summed E-state index contributed by atoms with van der Waals surface area (Å²) in [5.74, 6) is 0.782. The number of methoxy groups -OCH3 is 2. The van der Waals surface area contributed by atoms with E-state index >= 15 is 0 Å². The number of nitrogens with one attached hydrogen (secondary N) is 1. The second-order valence-corrected chi connectivity index (χ2v) is 7.83. The molecule has 0 aliphatic carbocycles.